The van der Waals surface area contributed by atoms with Gasteiger partial charge in [-0.3, -0.25) is 19.7 Å². The van der Waals surface area contributed by atoms with Crippen LogP contribution in [0.4, 0.5) is 16.2 Å². The number of rotatable bonds is 5. The first-order valence-electron chi connectivity index (χ1n) is 13.4. The van der Waals surface area contributed by atoms with Gasteiger partial charge in [-0.1, -0.05) is 47.5 Å². The molecule has 0 radical (unpaired) electrons. The molecule has 1 saturated heterocycles. The molecular formula is C31H32Cl2N4O5. The van der Waals surface area contributed by atoms with Crippen molar-refractivity contribution < 1.29 is 23.9 Å². The third-order valence-electron chi connectivity index (χ3n) is 6.45. The lowest BCUT2D eigenvalue weighted by Crippen LogP contribution is -2.53. The summed E-state index contributed by atoms with van der Waals surface area (Å²) in [5.74, 6) is -1.53. The van der Waals surface area contributed by atoms with Gasteiger partial charge in [-0.15, -0.1) is 0 Å². The van der Waals surface area contributed by atoms with Crippen LogP contribution < -0.4 is 10.6 Å². The fraction of sp³-hybridized carbons (Fsp3) is 0.290. The first kappa shape index (κ1) is 30.9. The standard InChI is InChI=1S/C31H32Cl2N4O5/c1-31(2,3)42-30(41)34-24-11-4-20(5-12-24)18-27(38)36-14-16-37(17-15-36)29(40)28(39)35-26-13-10-23(33)19-25(26)21-6-8-22(32)9-7-21/h4-13,19H,14-18H2,1-3H3,(H,34,41)(H,35,39). The number of carbonyl (C=O) groups excluding carboxylic acids is 4. The van der Waals surface area contributed by atoms with E-state index in [1.54, 1.807) is 92.4 Å². The topological polar surface area (TPSA) is 108 Å². The summed E-state index contributed by atoms with van der Waals surface area (Å²) in [6.45, 7) is 6.45. The van der Waals surface area contributed by atoms with Crippen molar-refractivity contribution >= 4 is 58.4 Å². The third-order valence-corrected chi connectivity index (χ3v) is 6.94. The number of benzene rings is 3. The fourth-order valence-electron chi connectivity index (χ4n) is 4.39. The van der Waals surface area contributed by atoms with Crippen LogP contribution in [-0.4, -0.2) is 65.4 Å². The summed E-state index contributed by atoms with van der Waals surface area (Å²) in [5, 5.41) is 6.42. The van der Waals surface area contributed by atoms with Crippen LogP contribution in [0.5, 0.6) is 0 Å². The summed E-state index contributed by atoms with van der Waals surface area (Å²) < 4.78 is 5.24. The molecule has 1 aliphatic rings. The maximum absolute atomic E-state index is 12.9. The van der Waals surface area contributed by atoms with E-state index in [4.69, 9.17) is 27.9 Å². The number of hydrogen-bond acceptors (Lipinski definition) is 5. The molecule has 2 N–H and O–H groups in total. The largest absolute Gasteiger partial charge is 0.444 e. The molecule has 0 atom stereocenters. The van der Waals surface area contributed by atoms with Gasteiger partial charge in [0.05, 0.1) is 6.42 Å². The summed E-state index contributed by atoms with van der Waals surface area (Å²) >= 11 is 12.2. The number of nitrogens with one attached hydrogen (secondary N) is 2. The van der Waals surface area contributed by atoms with E-state index in [-0.39, 0.29) is 25.4 Å². The zero-order chi connectivity index (χ0) is 30.4. The molecule has 0 unspecified atom stereocenters. The van der Waals surface area contributed by atoms with Crippen LogP contribution >= 0.6 is 23.2 Å². The lowest BCUT2D eigenvalue weighted by molar-refractivity contribution is -0.146. The van der Waals surface area contributed by atoms with Crippen LogP contribution in [0.25, 0.3) is 11.1 Å². The van der Waals surface area contributed by atoms with Crippen LogP contribution in [0.2, 0.25) is 10.0 Å². The van der Waals surface area contributed by atoms with E-state index >= 15 is 0 Å². The second-order valence-corrected chi connectivity index (χ2v) is 11.7. The van der Waals surface area contributed by atoms with E-state index in [0.717, 1.165) is 11.1 Å². The van der Waals surface area contributed by atoms with Crippen molar-refractivity contribution in [3.63, 3.8) is 0 Å². The Bertz CT molecular complexity index is 1460. The van der Waals surface area contributed by atoms with Crippen molar-refractivity contribution in [1.29, 1.82) is 0 Å². The zero-order valence-electron chi connectivity index (χ0n) is 23.6. The number of ether oxygens (including phenoxy) is 1. The molecule has 1 fully saturated rings. The number of nitrogens with zero attached hydrogens (tertiary/aromatic N) is 2. The van der Waals surface area contributed by atoms with Gasteiger partial charge in [0.25, 0.3) is 0 Å². The van der Waals surface area contributed by atoms with E-state index in [9.17, 15) is 19.2 Å². The van der Waals surface area contributed by atoms with E-state index < -0.39 is 23.5 Å². The molecule has 1 aliphatic heterocycles. The molecule has 3 aromatic rings. The van der Waals surface area contributed by atoms with Gasteiger partial charge in [0.1, 0.15) is 5.60 Å². The maximum atomic E-state index is 12.9. The SMILES string of the molecule is CC(C)(C)OC(=O)Nc1ccc(CC(=O)N2CCN(C(=O)C(=O)Nc3ccc(Cl)cc3-c3ccc(Cl)cc3)CC2)cc1. The average molecular weight is 612 g/mol. The van der Waals surface area contributed by atoms with Crippen LogP contribution in [-0.2, 0) is 25.5 Å². The van der Waals surface area contributed by atoms with Gasteiger partial charge >= 0.3 is 17.9 Å². The predicted octanol–water partition coefficient (Wildman–Crippen LogP) is 5.86. The summed E-state index contributed by atoms with van der Waals surface area (Å²) in [5.41, 5.74) is 2.63. The van der Waals surface area contributed by atoms with Crippen molar-refractivity contribution in [2.75, 3.05) is 36.8 Å². The predicted molar refractivity (Wildman–Crippen MR) is 164 cm³/mol. The molecule has 220 valence electrons. The number of amides is 4. The van der Waals surface area contributed by atoms with E-state index in [1.807, 2.05) is 0 Å². The monoisotopic (exact) mass is 610 g/mol. The number of hydrogen-bond donors (Lipinski definition) is 2. The van der Waals surface area contributed by atoms with Crippen molar-refractivity contribution in [2.45, 2.75) is 32.8 Å². The summed E-state index contributed by atoms with van der Waals surface area (Å²) in [4.78, 5) is 53.8. The number of piperazine rings is 1. The minimum atomic E-state index is -0.771. The minimum absolute atomic E-state index is 0.0897. The molecule has 42 heavy (non-hydrogen) atoms. The highest BCUT2D eigenvalue weighted by Crippen LogP contribution is 2.31. The quantitative estimate of drug-likeness (QED) is 0.352. The second-order valence-electron chi connectivity index (χ2n) is 10.8. The van der Waals surface area contributed by atoms with Gasteiger partial charge in [-0.2, -0.15) is 0 Å². The zero-order valence-corrected chi connectivity index (χ0v) is 25.1. The molecule has 0 spiro atoms. The van der Waals surface area contributed by atoms with Crippen LogP contribution in [0, 0.1) is 0 Å². The lowest BCUT2D eigenvalue weighted by atomic mass is 10.0. The Morgan fingerprint density at radius 2 is 1.38 bits per heavy atom. The second kappa shape index (κ2) is 13.3. The molecule has 3 aromatic carbocycles. The molecular weight excluding hydrogens is 579 g/mol. The van der Waals surface area contributed by atoms with Crippen LogP contribution in [0.3, 0.4) is 0 Å². The van der Waals surface area contributed by atoms with Crippen molar-refractivity contribution in [3.05, 3.63) is 82.3 Å². The molecule has 1 heterocycles. The van der Waals surface area contributed by atoms with Crippen molar-refractivity contribution in [3.8, 4) is 11.1 Å². The summed E-state index contributed by atoms with van der Waals surface area (Å²) in [7, 11) is 0. The Balaban J connectivity index is 1.29. The summed E-state index contributed by atoms with van der Waals surface area (Å²) in [6, 6.07) is 19.0. The molecule has 0 aliphatic carbocycles. The van der Waals surface area contributed by atoms with Gasteiger partial charge in [-0.25, -0.2) is 4.79 Å². The van der Waals surface area contributed by atoms with E-state index in [0.29, 0.717) is 40.1 Å². The van der Waals surface area contributed by atoms with E-state index in [2.05, 4.69) is 10.6 Å². The van der Waals surface area contributed by atoms with Gasteiger partial charge in [0, 0.05) is 53.2 Å². The fourth-order valence-corrected chi connectivity index (χ4v) is 4.68. The Morgan fingerprint density at radius 3 is 2.00 bits per heavy atom. The van der Waals surface area contributed by atoms with Crippen molar-refractivity contribution in [1.82, 2.24) is 9.80 Å². The van der Waals surface area contributed by atoms with Crippen LogP contribution in [0.1, 0.15) is 26.3 Å². The molecule has 4 rings (SSSR count). The highest BCUT2D eigenvalue weighted by molar-refractivity contribution is 6.40. The Kier molecular flexibility index (Phi) is 9.75. The molecule has 9 nitrogen and oxygen atoms in total. The van der Waals surface area contributed by atoms with Gasteiger partial charge < -0.3 is 19.9 Å². The van der Waals surface area contributed by atoms with Gasteiger partial charge in [0.15, 0.2) is 0 Å². The molecule has 0 bridgehead atoms. The number of carbonyl (C=O) groups is 4. The van der Waals surface area contributed by atoms with E-state index in [1.165, 1.54) is 4.90 Å². The Morgan fingerprint density at radius 1 is 0.786 bits per heavy atom. The molecule has 0 aromatic heterocycles. The highest BCUT2D eigenvalue weighted by Gasteiger charge is 2.28. The normalized spacial score (nSPS) is 13.4. The molecule has 11 heteroatoms. The van der Waals surface area contributed by atoms with Gasteiger partial charge in [0.2, 0.25) is 5.91 Å². The first-order chi connectivity index (χ1) is 19.9. The Hall–Kier alpha value is -4.08. The summed E-state index contributed by atoms with van der Waals surface area (Å²) in [6.07, 6.45) is -0.381. The van der Waals surface area contributed by atoms with Gasteiger partial charge in [-0.05, 0) is 74.4 Å². The Labute approximate surface area is 254 Å². The minimum Gasteiger partial charge on any atom is -0.444 e. The smallest absolute Gasteiger partial charge is 0.412 e. The third kappa shape index (κ3) is 8.47. The average Bonchev–Trinajstić information content (AvgIpc) is 2.94. The lowest BCUT2D eigenvalue weighted by Gasteiger charge is -2.34. The van der Waals surface area contributed by atoms with Crippen LogP contribution in [0.15, 0.2) is 66.7 Å². The number of anilines is 2. The molecule has 4 amide bonds. The maximum Gasteiger partial charge on any atom is 0.412 e. The molecule has 0 saturated carbocycles. The van der Waals surface area contributed by atoms with Crippen molar-refractivity contribution in [2.24, 2.45) is 0 Å². The highest BCUT2D eigenvalue weighted by atomic mass is 35.5. The number of halogens is 2. The first-order valence-corrected chi connectivity index (χ1v) is 14.2.